The third kappa shape index (κ3) is 4.52. The van der Waals surface area contributed by atoms with Crippen molar-refractivity contribution in [3.63, 3.8) is 0 Å². The molecular weight excluding hydrogens is 186 g/mol. The molecule has 2 unspecified atom stereocenters. The summed E-state index contributed by atoms with van der Waals surface area (Å²) >= 11 is 0. The van der Waals surface area contributed by atoms with Gasteiger partial charge in [-0.1, -0.05) is 20.8 Å². The van der Waals surface area contributed by atoms with Gasteiger partial charge in [0.25, 0.3) is 0 Å². The average molecular weight is 213 g/mol. The van der Waals surface area contributed by atoms with Gasteiger partial charge in [-0.05, 0) is 50.6 Å². The molecule has 1 fully saturated rings. The Morgan fingerprint density at radius 1 is 1.40 bits per heavy atom. The average Bonchev–Trinajstić information content (AvgIpc) is 2.62. The van der Waals surface area contributed by atoms with Crippen molar-refractivity contribution in [3.05, 3.63) is 0 Å². The minimum absolute atomic E-state index is 0.404. The molecule has 2 nitrogen and oxygen atoms in total. The Bertz CT molecular complexity index is 168. The lowest BCUT2D eigenvalue weighted by atomic mass is 9.77. The predicted molar refractivity (Wildman–Crippen MR) is 65.1 cm³/mol. The quantitative estimate of drug-likeness (QED) is 0.758. The lowest BCUT2D eigenvalue weighted by molar-refractivity contribution is 0.0892. The van der Waals surface area contributed by atoms with E-state index < -0.39 is 0 Å². The molecule has 0 aromatic carbocycles. The van der Waals surface area contributed by atoms with Gasteiger partial charge in [-0.25, -0.2) is 0 Å². The smallest absolute Gasteiger partial charge is 0.0576 e. The van der Waals surface area contributed by atoms with Gasteiger partial charge >= 0.3 is 0 Å². The molecule has 0 radical (unpaired) electrons. The molecule has 1 saturated heterocycles. The zero-order valence-electron chi connectivity index (χ0n) is 10.8. The van der Waals surface area contributed by atoms with E-state index in [-0.39, 0.29) is 0 Å². The largest absolute Gasteiger partial charge is 0.378 e. The van der Waals surface area contributed by atoms with E-state index in [9.17, 15) is 0 Å². The van der Waals surface area contributed by atoms with Gasteiger partial charge in [0.1, 0.15) is 0 Å². The fraction of sp³-hybridized carbons (Fsp3) is 1.00. The molecule has 0 bridgehead atoms. The number of ether oxygens (including phenoxy) is 1. The molecule has 2 heteroatoms. The fourth-order valence-corrected chi connectivity index (χ4v) is 2.35. The normalized spacial score (nSPS) is 24.4. The molecular formula is C13H27NO. The van der Waals surface area contributed by atoms with E-state index in [4.69, 9.17) is 4.74 Å². The van der Waals surface area contributed by atoms with Crippen LogP contribution in [0.5, 0.6) is 0 Å². The first-order chi connectivity index (χ1) is 7.04. The van der Waals surface area contributed by atoms with Crippen molar-refractivity contribution in [2.75, 3.05) is 20.2 Å². The molecule has 1 rings (SSSR count). The van der Waals surface area contributed by atoms with Crippen LogP contribution in [0.15, 0.2) is 0 Å². The first-order valence-electron chi connectivity index (χ1n) is 6.30. The summed E-state index contributed by atoms with van der Waals surface area (Å²) in [5, 5.41) is 3.31. The van der Waals surface area contributed by atoms with E-state index in [0.717, 1.165) is 19.1 Å². The summed E-state index contributed by atoms with van der Waals surface area (Å²) in [5.41, 5.74) is 0.404. The van der Waals surface area contributed by atoms with Gasteiger partial charge in [0.2, 0.25) is 0 Å². The molecule has 2 atom stereocenters. The van der Waals surface area contributed by atoms with Crippen molar-refractivity contribution in [2.45, 2.75) is 52.6 Å². The summed E-state index contributed by atoms with van der Waals surface area (Å²) in [7, 11) is 2.05. The van der Waals surface area contributed by atoms with Crippen molar-refractivity contribution in [2.24, 2.45) is 11.3 Å². The Morgan fingerprint density at radius 2 is 2.13 bits per heavy atom. The number of nitrogens with one attached hydrogen (secondary N) is 1. The first-order valence-corrected chi connectivity index (χ1v) is 6.30. The molecule has 90 valence electrons. The van der Waals surface area contributed by atoms with Crippen LogP contribution in [-0.4, -0.2) is 26.3 Å². The number of rotatable bonds is 5. The van der Waals surface area contributed by atoms with Crippen molar-refractivity contribution < 1.29 is 4.74 Å². The van der Waals surface area contributed by atoms with Gasteiger partial charge in [0, 0.05) is 6.61 Å². The molecule has 15 heavy (non-hydrogen) atoms. The summed E-state index contributed by atoms with van der Waals surface area (Å²) in [5.74, 6) is 0.756. The van der Waals surface area contributed by atoms with Crippen LogP contribution < -0.4 is 5.32 Å². The highest BCUT2D eigenvalue weighted by molar-refractivity contribution is 4.77. The van der Waals surface area contributed by atoms with Crippen LogP contribution in [0.25, 0.3) is 0 Å². The van der Waals surface area contributed by atoms with E-state index in [2.05, 4.69) is 26.1 Å². The molecule has 0 amide bonds. The second kappa shape index (κ2) is 5.86. The van der Waals surface area contributed by atoms with E-state index in [1.165, 1.54) is 25.7 Å². The van der Waals surface area contributed by atoms with Gasteiger partial charge in [-0.3, -0.25) is 0 Å². The lowest BCUT2D eigenvalue weighted by Crippen LogP contribution is -2.30. The highest BCUT2D eigenvalue weighted by atomic mass is 16.5. The third-order valence-electron chi connectivity index (χ3n) is 3.54. The van der Waals surface area contributed by atoms with Gasteiger partial charge < -0.3 is 10.1 Å². The van der Waals surface area contributed by atoms with Crippen LogP contribution in [0.3, 0.4) is 0 Å². The summed E-state index contributed by atoms with van der Waals surface area (Å²) in [4.78, 5) is 0. The minimum atomic E-state index is 0.404. The zero-order chi connectivity index (χ0) is 11.3. The van der Waals surface area contributed by atoms with Crippen molar-refractivity contribution in [3.8, 4) is 0 Å². The monoisotopic (exact) mass is 213 g/mol. The van der Waals surface area contributed by atoms with Crippen LogP contribution in [0.2, 0.25) is 0 Å². The second-order valence-electron chi connectivity index (χ2n) is 5.83. The van der Waals surface area contributed by atoms with Crippen LogP contribution in [0.4, 0.5) is 0 Å². The maximum absolute atomic E-state index is 5.67. The van der Waals surface area contributed by atoms with Crippen LogP contribution >= 0.6 is 0 Å². The molecule has 0 aromatic heterocycles. The summed E-state index contributed by atoms with van der Waals surface area (Å²) < 4.78 is 5.67. The molecule has 1 N–H and O–H groups in total. The maximum atomic E-state index is 5.67. The molecule has 0 saturated carbocycles. The Labute approximate surface area is 94.8 Å². The Morgan fingerprint density at radius 3 is 2.60 bits per heavy atom. The van der Waals surface area contributed by atoms with E-state index in [0.29, 0.717) is 11.5 Å². The molecule has 1 aliphatic rings. The molecule has 0 aliphatic carbocycles. The summed E-state index contributed by atoms with van der Waals surface area (Å²) in [6.07, 6.45) is 5.61. The van der Waals surface area contributed by atoms with Gasteiger partial charge in [0.15, 0.2) is 0 Å². The second-order valence-corrected chi connectivity index (χ2v) is 5.83. The molecule has 0 spiro atoms. The standard InChI is InChI=1S/C13H27NO/c1-13(2,3)11(10-14-4)7-8-12-6-5-9-15-12/h11-12,14H,5-10H2,1-4H3. The van der Waals surface area contributed by atoms with Gasteiger partial charge in [0.05, 0.1) is 6.10 Å². The van der Waals surface area contributed by atoms with Gasteiger partial charge in [-0.2, -0.15) is 0 Å². The topological polar surface area (TPSA) is 21.3 Å². The Kier molecular flexibility index (Phi) is 5.07. The number of hydrogen-bond donors (Lipinski definition) is 1. The van der Waals surface area contributed by atoms with Gasteiger partial charge in [-0.15, -0.1) is 0 Å². The van der Waals surface area contributed by atoms with Crippen molar-refractivity contribution in [1.82, 2.24) is 5.32 Å². The SMILES string of the molecule is CNCC(CCC1CCCO1)C(C)(C)C. The summed E-state index contributed by atoms with van der Waals surface area (Å²) in [6, 6.07) is 0. The fourth-order valence-electron chi connectivity index (χ4n) is 2.35. The Hall–Kier alpha value is -0.0800. The lowest BCUT2D eigenvalue weighted by Gasteiger charge is -2.31. The number of hydrogen-bond acceptors (Lipinski definition) is 2. The van der Waals surface area contributed by atoms with E-state index in [1.807, 2.05) is 7.05 Å². The van der Waals surface area contributed by atoms with E-state index >= 15 is 0 Å². The Balaban J connectivity index is 2.30. The van der Waals surface area contributed by atoms with Crippen LogP contribution in [0, 0.1) is 11.3 Å². The molecule has 1 aliphatic heterocycles. The van der Waals surface area contributed by atoms with Crippen LogP contribution in [-0.2, 0) is 4.74 Å². The maximum Gasteiger partial charge on any atom is 0.0576 e. The van der Waals surface area contributed by atoms with Crippen LogP contribution in [0.1, 0.15) is 46.5 Å². The molecule has 1 heterocycles. The predicted octanol–water partition coefficient (Wildman–Crippen LogP) is 2.83. The highest BCUT2D eigenvalue weighted by Gasteiger charge is 2.25. The molecule has 0 aromatic rings. The van der Waals surface area contributed by atoms with Crippen molar-refractivity contribution in [1.29, 1.82) is 0 Å². The van der Waals surface area contributed by atoms with Crippen molar-refractivity contribution >= 4 is 0 Å². The van der Waals surface area contributed by atoms with E-state index in [1.54, 1.807) is 0 Å². The first kappa shape index (κ1) is 13.0. The minimum Gasteiger partial charge on any atom is -0.378 e. The zero-order valence-corrected chi connectivity index (χ0v) is 10.8. The highest BCUT2D eigenvalue weighted by Crippen LogP contribution is 2.31. The third-order valence-corrected chi connectivity index (χ3v) is 3.54. The summed E-state index contributed by atoms with van der Waals surface area (Å²) in [6.45, 7) is 9.12.